The fourth-order valence-corrected chi connectivity index (χ4v) is 4.09. The van der Waals surface area contributed by atoms with E-state index in [2.05, 4.69) is 50.9 Å². The number of rotatable bonds is 8. The van der Waals surface area contributed by atoms with Crippen LogP contribution in [0.4, 0.5) is 5.69 Å². The maximum atomic E-state index is 5.99. The monoisotopic (exact) mass is 500 g/mol. The van der Waals surface area contributed by atoms with Crippen molar-refractivity contribution in [3.63, 3.8) is 0 Å². The van der Waals surface area contributed by atoms with E-state index in [1.165, 1.54) is 44.2 Å². The van der Waals surface area contributed by atoms with Gasteiger partial charge in [-0.25, -0.2) is 0 Å². The number of anilines is 1. The van der Waals surface area contributed by atoms with Gasteiger partial charge in [-0.1, -0.05) is 37.5 Å². The van der Waals surface area contributed by atoms with Crippen LogP contribution in [0.2, 0.25) is 0 Å². The smallest absolute Gasteiger partial charge is 0.190 e. The number of hydrogen-bond acceptors (Lipinski definition) is 3. The van der Waals surface area contributed by atoms with Crippen molar-refractivity contribution in [2.75, 3.05) is 44.7 Å². The average molecular weight is 500 g/mol. The predicted molar refractivity (Wildman–Crippen MR) is 129 cm³/mol. The van der Waals surface area contributed by atoms with Crippen LogP contribution in [0.1, 0.15) is 44.9 Å². The van der Waals surface area contributed by atoms with Crippen LogP contribution in [-0.4, -0.2) is 51.9 Å². The van der Waals surface area contributed by atoms with Crippen LogP contribution in [0.5, 0.6) is 0 Å². The van der Waals surface area contributed by atoms with Gasteiger partial charge in [-0.3, -0.25) is 4.99 Å². The molecule has 2 aliphatic rings. The Morgan fingerprint density at radius 3 is 2.64 bits per heavy atom. The lowest BCUT2D eigenvalue weighted by Crippen LogP contribution is -2.40. The summed E-state index contributed by atoms with van der Waals surface area (Å²) in [7, 11) is 1.85. The van der Waals surface area contributed by atoms with Gasteiger partial charge < -0.3 is 20.3 Å². The maximum Gasteiger partial charge on any atom is 0.190 e. The molecule has 0 spiro atoms. The van der Waals surface area contributed by atoms with E-state index in [0.29, 0.717) is 12.0 Å². The molecule has 1 aromatic carbocycles. The van der Waals surface area contributed by atoms with E-state index in [1.807, 2.05) is 7.05 Å². The third kappa shape index (κ3) is 7.78. The zero-order valence-electron chi connectivity index (χ0n) is 17.2. The van der Waals surface area contributed by atoms with Crippen LogP contribution in [0.25, 0.3) is 0 Å². The van der Waals surface area contributed by atoms with E-state index in [9.17, 15) is 0 Å². The molecule has 2 N–H and O–H groups in total. The van der Waals surface area contributed by atoms with Gasteiger partial charge in [-0.05, 0) is 43.7 Å². The Hall–Kier alpha value is -1.02. The Morgan fingerprint density at radius 1 is 1.11 bits per heavy atom. The normalized spacial score (nSPS) is 20.7. The molecule has 6 heteroatoms. The van der Waals surface area contributed by atoms with Crippen molar-refractivity contribution in [1.29, 1.82) is 0 Å². The number of benzene rings is 1. The molecule has 0 aromatic heterocycles. The van der Waals surface area contributed by atoms with Crippen molar-refractivity contribution in [3.05, 3.63) is 30.3 Å². The number of para-hydroxylation sites is 1. The average Bonchev–Trinajstić information content (AvgIpc) is 3.20. The van der Waals surface area contributed by atoms with Crippen molar-refractivity contribution < 1.29 is 4.74 Å². The fourth-order valence-electron chi connectivity index (χ4n) is 4.09. The zero-order valence-corrected chi connectivity index (χ0v) is 19.6. The highest BCUT2D eigenvalue weighted by Gasteiger charge is 2.22. The molecule has 1 saturated carbocycles. The molecule has 1 unspecified atom stereocenters. The third-order valence-corrected chi connectivity index (χ3v) is 5.71. The maximum absolute atomic E-state index is 5.99. The Morgan fingerprint density at radius 2 is 1.89 bits per heavy atom. The molecule has 158 valence electrons. The quantitative estimate of drug-likeness (QED) is 0.245. The molecule has 2 fully saturated rings. The first-order chi connectivity index (χ1) is 13.3. The number of aliphatic imine (C=N–C) groups is 1. The standard InChI is InChI=1S/C22H36N4O.HI/c1-23-22(24-14-8-16-27-21-11-6-3-7-12-21)25-17-19-13-15-26(18-19)20-9-4-2-5-10-20;/h2,4-5,9-10,19,21H,3,6-8,11-18H2,1H3,(H2,23,24,25);1H. The summed E-state index contributed by atoms with van der Waals surface area (Å²) in [6.45, 7) is 4.99. The minimum atomic E-state index is 0. The van der Waals surface area contributed by atoms with Gasteiger partial charge in [0, 0.05) is 45.5 Å². The first-order valence-electron chi connectivity index (χ1n) is 10.7. The van der Waals surface area contributed by atoms with Gasteiger partial charge in [-0.15, -0.1) is 24.0 Å². The van der Waals surface area contributed by atoms with Crippen LogP contribution in [0.15, 0.2) is 35.3 Å². The van der Waals surface area contributed by atoms with Crippen molar-refractivity contribution in [2.45, 2.75) is 51.0 Å². The summed E-state index contributed by atoms with van der Waals surface area (Å²) >= 11 is 0. The van der Waals surface area contributed by atoms with E-state index in [1.54, 1.807) is 0 Å². The summed E-state index contributed by atoms with van der Waals surface area (Å²) in [6.07, 6.45) is 9.32. The summed E-state index contributed by atoms with van der Waals surface area (Å²) < 4.78 is 5.99. The number of guanidine groups is 1. The second-order valence-electron chi connectivity index (χ2n) is 7.80. The Bertz CT molecular complexity index is 563. The number of ether oxygens (including phenoxy) is 1. The molecular weight excluding hydrogens is 463 g/mol. The lowest BCUT2D eigenvalue weighted by molar-refractivity contribution is 0.0277. The summed E-state index contributed by atoms with van der Waals surface area (Å²) in [5, 5.41) is 6.91. The van der Waals surface area contributed by atoms with Gasteiger partial charge in [0.2, 0.25) is 0 Å². The Balaban J connectivity index is 0.00000280. The lowest BCUT2D eigenvalue weighted by Gasteiger charge is -2.22. The number of halogens is 1. The van der Waals surface area contributed by atoms with Gasteiger partial charge >= 0.3 is 0 Å². The van der Waals surface area contributed by atoms with Crippen molar-refractivity contribution in [1.82, 2.24) is 10.6 Å². The molecule has 1 heterocycles. The molecular formula is C22H37IN4O. The van der Waals surface area contributed by atoms with Crippen molar-refractivity contribution >= 4 is 35.6 Å². The summed E-state index contributed by atoms with van der Waals surface area (Å²) in [5.41, 5.74) is 1.33. The predicted octanol–water partition coefficient (Wildman–Crippen LogP) is 4.04. The second kappa shape index (κ2) is 13.2. The van der Waals surface area contributed by atoms with Crippen molar-refractivity contribution in [3.8, 4) is 0 Å². The SMILES string of the molecule is CN=C(NCCCOC1CCCCC1)NCC1CCN(c2ccccc2)C1.I. The number of nitrogens with zero attached hydrogens (tertiary/aromatic N) is 2. The van der Waals surface area contributed by atoms with Gasteiger partial charge in [0.05, 0.1) is 6.10 Å². The number of hydrogen-bond donors (Lipinski definition) is 2. The first kappa shape index (κ1) is 23.3. The number of nitrogens with one attached hydrogen (secondary N) is 2. The molecule has 5 nitrogen and oxygen atoms in total. The highest BCUT2D eigenvalue weighted by molar-refractivity contribution is 14.0. The fraction of sp³-hybridized carbons (Fsp3) is 0.682. The Kier molecular flexibility index (Phi) is 11.0. The molecule has 1 atom stereocenters. The molecule has 1 aliphatic heterocycles. The molecule has 1 aromatic rings. The highest BCUT2D eigenvalue weighted by Crippen LogP contribution is 2.23. The van der Waals surface area contributed by atoms with E-state index in [-0.39, 0.29) is 24.0 Å². The Labute approximate surface area is 187 Å². The second-order valence-corrected chi connectivity index (χ2v) is 7.80. The largest absolute Gasteiger partial charge is 0.378 e. The van der Waals surface area contributed by atoms with E-state index in [4.69, 9.17) is 4.74 Å². The summed E-state index contributed by atoms with van der Waals surface area (Å²) in [4.78, 5) is 6.83. The first-order valence-corrected chi connectivity index (χ1v) is 10.7. The molecule has 0 radical (unpaired) electrons. The van der Waals surface area contributed by atoms with Crippen LogP contribution < -0.4 is 15.5 Å². The minimum Gasteiger partial charge on any atom is -0.378 e. The minimum absolute atomic E-state index is 0. The van der Waals surface area contributed by atoms with Gasteiger partial charge in [0.15, 0.2) is 5.96 Å². The van der Waals surface area contributed by atoms with Crippen molar-refractivity contribution in [2.24, 2.45) is 10.9 Å². The lowest BCUT2D eigenvalue weighted by atomic mass is 9.98. The van der Waals surface area contributed by atoms with Gasteiger partial charge in [-0.2, -0.15) is 0 Å². The topological polar surface area (TPSA) is 48.9 Å². The van der Waals surface area contributed by atoms with Gasteiger partial charge in [0.25, 0.3) is 0 Å². The molecule has 1 saturated heterocycles. The summed E-state index contributed by atoms with van der Waals surface area (Å²) in [6, 6.07) is 10.7. The summed E-state index contributed by atoms with van der Waals surface area (Å²) in [5.74, 6) is 1.57. The van der Waals surface area contributed by atoms with Crippen LogP contribution in [-0.2, 0) is 4.74 Å². The molecule has 28 heavy (non-hydrogen) atoms. The molecule has 1 aliphatic carbocycles. The molecule has 0 bridgehead atoms. The van der Waals surface area contributed by atoms with Crippen LogP contribution >= 0.6 is 24.0 Å². The molecule has 0 amide bonds. The zero-order chi connectivity index (χ0) is 18.7. The van der Waals surface area contributed by atoms with E-state index >= 15 is 0 Å². The highest BCUT2D eigenvalue weighted by atomic mass is 127. The molecule has 3 rings (SSSR count). The van der Waals surface area contributed by atoms with E-state index < -0.39 is 0 Å². The van der Waals surface area contributed by atoms with E-state index in [0.717, 1.165) is 45.2 Å². The van der Waals surface area contributed by atoms with Gasteiger partial charge in [0.1, 0.15) is 0 Å². The third-order valence-electron chi connectivity index (χ3n) is 5.71. The van der Waals surface area contributed by atoms with Crippen LogP contribution in [0.3, 0.4) is 0 Å². The van der Waals surface area contributed by atoms with Crippen LogP contribution in [0, 0.1) is 5.92 Å².